The first-order valence-electron chi connectivity index (χ1n) is 6.39. The van der Waals surface area contributed by atoms with Gasteiger partial charge >= 0.3 is 0 Å². The minimum atomic E-state index is -3.99. The van der Waals surface area contributed by atoms with Gasteiger partial charge in [0, 0.05) is 6.54 Å². The molecule has 2 aromatic rings. The summed E-state index contributed by atoms with van der Waals surface area (Å²) in [7, 11) is -3.99. The zero-order valence-corrected chi connectivity index (χ0v) is 12.3. The average molecular weight is 309 g/mol. The summed E-state index contributed by atoms with van der Waals surface area (Å²) in [6.07, 6.45) is -0.993. The van der Waals surface area contributed by atoms with Gasteiger partial charge in [0.25, 0.3) is 0 Å². The summed E-state index contributed by atoms with van der Waals surface area (Å²) < 4.78 is 39.8. The number of hydrogen-bond donors (Lipinski definition) is 2. The number of benzene rings is 2. The number of sulfonamides is 1. The minimum Gasteiger partial charge on any atom is -0.387 e. The van der Waals surface area contributed by atoms with Crippen molar-refractivity contribution >= 4 is 10.0 Å². The van der Waals surface area contributed by atoms with Crippen LogP contribution in [0.25, 0.3) is 0 Å². The molecule has 2 N–H and O–H groups in total. The Morgan fingerprint density at radius 2 is 1.76 bits per heavy atom. The summed E-state index contributed by atoms with van der Waals surface area (Å²) >= 11 is 0. The van der Waals surface area contributed by atoms with Gasteiger partial charge in [0.1, 0.15) is 10.7 Å². The predicted molar refractivity (Wildman–Crippen MR) is 77.7 cm³/mol. The number of aliphatic hydroxyl groups excluding tert-OH is 1. The molecule has 0 heterocycles. The first-order valence-corrected chi connectivity index (χ1v) is 7.88. The molecule has 6 heteroatoms. The van der Waals surface area contributed by atoms with Gasteiger partial charge in [-0.3, -0.25) is 0 Å². The van der Waals surface area contributed by atoms with E-state index in [1.54, 1.807) is 12.1 Å². The Kier molecular flexibility index (Phi) is 4.72. The van der Waals surface area contributed by atoms with Crippen LogP contribution in [-0.2, 0) is 10.0 Å². The Balaban J connectivity index is 2.13. The smallest absolute Gasteiger partial charge is 0.243 e. The van der Waals surface area contributed by atoms with E-state index in [1.165, 1.54) is 18.2 Å². The van der Waals surface area contributed by atoms with Crippen LogP contribution < -0.4 is 4.72 Å². The number of rotatable bonds is 5. The molecule has 0 amide bonds. The first kappa shape index (κ1) is 15.6. The molecule has 0 saturated heterocycles. The summed E-state index contributed by atoms with van der Waals surface area (Å²) in [6.45, 7) is 1.60. The van der Waals surface area contributed by atoms with E-state index in [4.69, 9.17) is 0 Å². The van der Waals surface area contributed by atoms with Crippen molar-refractivity contribution in [3.63, 3.8) is 0 Å². The lowest BCUT2D eigenvalue weighted by atomic mass is 10.0. The Morgan fingerprint density at radius 3 is 2.43 bits per heavy atom. The standard InChI is InChI=1S/C15H16FNO3S/c1-11-6-2-3-7-12(11)14(18)10-17-21(19,20)15-9-5-4-8-13(15)16/h2-9,14,17-18H,10H2,1H3/t14-/m1/s1. The molecule has 21 heavy (non-hydrogen) atoms. The number of nitrogens with one attached hydrogen (secondary N) is 1. The quantitative estimate of drug-likeness (QED) is 0.889. The molecule has 0 fully saturated rings. The maximum absolute atomic E-state index is 13.5. The van der Waals surface area contributed by atoms with Gasteiger partial charge in [-0.05, 0) is 30.2 Å². The van der Waals surface area contributed by atoms with Crippen molar-refractivity contribution < 1.29 is 17.9 Å². The lowest BCUT2D eigenvalue weighted by Gasteiger charge is -2.15. The topological polar surface area (TPSA) is 66.4 Å². The van der Waals surface area contributed by atoms with Crippen LogP contribution in [0, 0.1) is 12.7 Å². The lowest BCUT2D eigenvalue weighted by Crippen LogP contribution is -2.29. The van der Waals surface area contributed by atoms with E-state index in [9.17, 15) is 17.9 Å². The van der Waals surface area contributed by atoms with E-state index in [1.807, 2.05) is 19.1 Å². The molecule has 0 aliphatic heterocycles. The van der Waals surface area contributed by atoms with Crippen LogP contribution >= 0.6 is 0 Å². The Bertz CT molecular complexity index is 731. The van der Waals surface area contributed by atoms with Gasteiger partial charge in [0.15, 0.2) is 0 Å². The van der Waals surface area contributed by atoms with E-state index in [0.29, 0.717) is 5.56 Å². The van der Waals surface area contributed by atoms with Gasteiger partial charge in [-0.1, -0.05) is 36.4 Å². The molecule has 0 aliphatic carbocycles. The largest absolute Gasteiger partial charge is 0.387 e. The summed E-state index contributed by atoms with van der Waals surface area (Å²) in [5, 5.41) is 10.1. The summed E-state index contributed by atoms with van der Waals surface area (Å²) in [4.78, 5) is -0.429. The molecule has 0 unspecified atom stereocenters. The molecule has 4 nitrogen and oxygen atoms in total. The molecule has 0 saturated carbocycles. The van der Waals surface area contributed by atoms with Crippen LogP contribution in [0.15, 0.2) is 53.4 Å². The Morgan fingerprint density at radius 1 is 1.14 bits per heavy atom. The van der Waals surface area contributed by atoms with E-state index in [0.717, 1.165) is 11.6 Å². The molecule has 0 aromatic heterocycles. The van der Waals surface area contributed by atoms with Gasteiger partial charge < -0.3 is 5.11 Å². The highest BCUT2D eigenvalue weighted by atomic mass is 32.2. The van der Waals surface area contributed by atoms with E-state index in [-0.39, 0.29) is 6.54 Å². The molecule has 2 aromatic carbocycles. The Hall–Kier alpha value is -1.76. The number of aliphatic hydroxyl groups is 1. The van der Waals surface area contributed by atoms with E-state index >= 15 is 0 Å². The van der Waals surface area contributed by atoms with Gasteiger partial charge in [0.05, 0.1) is 6.10 Å². The fraction of sp³-hybridized carbons (Fsp3) is 0.200. The third kappa shape index (κ3) is 3.66. The van der Waals surface area contributed by atoms with Crippen LogP contribution in [0.2, 0.25) is 0 Å². The van der Waals surface area contributed by atoms with Crippen LogP contribution in [0.1, 0.15) is 17.2 Å². The highest BCUT2D eigenvalue weighted by Gasteiger charge is 2.20. The van der Waals surface area contributed by atoms with Gasteiger partial charge in [0.2, 0.25) is 10.0 Å². The third-order valence-corrected chi connectivity index (χ3v) is 4.60. The first-order chi connectivity index (χ1) is 9.92. The Labute approximate surface area is 123 Å². The lowest BCUT2D eigenvalue weighted by molar-refractivity contribution is 0.181. The molecule has 0 radical (unpaired) electrons. The van der Waals surface area contributed by atoms with Crippen molar-refractivity contribution in [1.29, 1.82) is 0 Å². The van der Waals surface area contributed by atoms with E-state index in [2.05, 4.69) is 4.72 Å². The SMILES string of the molecule is Cc1ccccc1[C@H](O)CNS(=O)(=O)c1ccccc1F. The van der Waals surface area contributed by atoms with Crippen LogP contribution in [0.5, 0.6) is 0 Å². The van der Waals surface area contributed by atoms with Crippen LogP contribution in [0.3, 0.4) is 0 Å². The molecule has 0 aliphatic rings. The minimum absolute atomic E-state index is 0.221. The maximum atomic E-state index is 13.5. The highest BCUT2D eigenvalue weighted by Crippen LogP contribution is 2.18. The van der Waals surface area contributed by atoms with Crippen molar-refractivity contribution in [2.24, 2.45) is 0 Å². The van der Waals surface area contributed by atoms with Crippen molar-refractivity contribution in [3.05, 3.63) is 65.5 Å². The molecule has 112 valence electrons. The monoisotopic (exact) mass is 309 g/mol. The molecular formula is C15H16FNO3S. The van der Waals surface area contributed by atoms with Gasteiger partial charge in [-0.25, -0.2) is 17.5 Å². The van der Waals surface area contributed by atoms with Crippen LogP contribution in [0.4, 0.5) is 4.39 Å². The average Bonchev–Trinajstić information content (AvgIpc) is 2.45. The second-order valence-corrected chi connectivity index (χ2v) is 6.39. The number of hydrogen-bond acceptors (Lipinski definition) is 3. The predicted octanol–water partition coefficient (Wildman–Crippen LogP) is 2.15. The van der Waals surface area contributed by atoms with Crippen LogP contribution in [-0.4, -0.2) is 20.1 Å². The molecule has 2 rings (SSSR count). The van der Waals surface area contributed by atoms with Crippen molar-refractivity contribution in [2.75, 3.05) is 6.54 Å². The molecule has 0 bridgehead atoms. The summed E-state index contributed by atoms with van der Waals surface area (Å²) in [5.74, 6) is -0.824. The summed E-state index contributed by atoms with van der Waals surface area (Å²) in [6, 6.07) is 12.2. The zero-order valence-electron chi connectivity index (χ0n) is 11.5. The third-order valence-electron chi connectivity index (χ3n) is 3.14. The fourth-order valence-corrected chi connectivity index (χ4v) is 3.11. The molecule has 1 atom stereocenters. The highest BCUT2D eigenvalue weighted by molar-refractivity contribution is 7.89. The van der Waals surface area contributed by atoms with Crippen molar-refractivity contribution in [1.82, 2.24) is 4.72 Å². The maximum Gasteiger partial charge on any atom is 0.243 e. The normalized spacial score (nSPS) is 13.1. The van der Waals surface area contributed by atoms with Gasteiger partial charge in [-0.15, -0.1) is 0 Å². The van der Waals surface area contributed by atoms with Crippen molar-refractivity contribution in [2.45, 2.75) is 17.9 Å². The van der Waals surface area contributed by atoms with E-state index < -0.39 is 26.8 Å². The summed E-state index contributed by atoms with van der Waals surface area (Å²) in [5.41, 5.74) is 1.49. The molecular weight excluding hydrogens is 293 g/mol. The number of aryl methyl sites for hydroxylation is 1. The second-order valence-electron chi connectivity index (χ2n) is 4.65. The number of halogens is 1. The van der Waals surface area contributed by atoms with Gasteiger partial charge in [-0.2, -0.15) is 0 Å². The zero-order chi connectivity index (χ0) is 15.5. The molecule has 0 spiro atoms. The fourth-order valence-electron chi connectivity index (χ4n) is 2.00. The van der Waals surface area contributed by atoms with Crippen molar-refractivity contribution in [3.8, 4) is 0 Å². The second kappa shape index (κ2) is 6.34.